The molecule has 0 aromatic heterocycles. The molecule has 0 fully saturated rings. The van der Waals surface area contributed by atoms with Crippen molar-refractivity contribution < 1.29 is 18.3 Å². The van der Waals surface area contributed by atoms with Crippen molar-refractivity contribution in [3.63, 3.8) is 0 Å². The van der Waals surface area contributed by atoms with Gasteiger partial charge in [0.1, 0.15) is 0 Å². The van der Waals surface area contributed by atoms with E-state index in [0.29, 0.717) is 12.1 Å². The van der Waals surface area contributed by atoms with Crippen LogP contribution in [0.5, 0.6) is 0 Å². The number of benzene rings is 2. The number of hydrogen-bond donors (Lipinski definition) is 1. The zero-order valence-electron chi connectivity index (χ0n) is 12.2. The Bertz CT molecular complexity index is 895. The van der Waals surface area contributed by atoms with Crippen LogP contribution in [0.4, 0.5) is 5.69 Å². The fraction of sp³-hybridized carbons (Fsp3) is 0.188. The van der Waals surface area contributed by atoms with Crippen LogP contribution in [0.2, 0.25) is 5.02 Å². The third-order valence-electron chi connectivity index (χ3n) is 3.87. The van der Waals surface area contributed by atoms with Gasteiger partial charge in [0, 0.05) is 6.04 Å². The van der Waals surface area contributed by atoms with Gasteiger partial charge in [-0.05, 0) is 43.2 Å². The van der Waals surface area contributed by atoms with E-state index >= 15 is 0 Å². The molecule has 2 aromatic carbocycles. The number of halogens is 1. The van der Waals surface area contributed by atoms with Crippen LogP contribution >= 0.6 is 11.6 Å². The number of anilines is 1. The van der Waals surface area contributed by atoms with Gasteiger partial charge in [0.15, 0.2) is 0 Å². The van der Waals surface area contributed by atoms with Crippen LogP contribution in [-0.2, 0) is 16.4 Å². The van der Waals surface area contributed by atoms with E-state index in [2.05, 4.69) is 0 Å². The number of fused-ring (bicyclic) bond motifs is 1. The molecule has 1 atom stereocenters. The molecule has 0 spiro atoms. The average molecular weight is 352 g/mol. The van der Waals surface area contributed by atoms with Crippen molar-refractivity contribution >= 4 is 33.3 Å². The van der Waals surface area contributed by atoms with Gasteiger partial charge in [-0.15, -0.1) is 0 Å². The standard InChI is InChI=1S/C16H14ClNO4S/c1-10-8-11-4-2-3-5-15(11)18(10)23(21,22)12-6-7-14(17)13(9-12)16(19)20/h2-7,9-10H,8H2,1H3,(H,19,20). The molecule has 1 aliphatic rings. The van der Waals surface area contributed by atoms with Gasteiger partial charge in [-0.2, -0.15) is 0 Å². The molecular weight excluding hydrogens is 338 g/mol. The summed E-state index contributed by atoms with van der Waals surface area (Å²) >= 11 is 5.82. The van der Waals surface area contributed by atoms with Crippen LogP contribution in [-0.4, -0.2) is 25.5 Å². The first kappa shape index (κ1) is 15.8. The SMILES string of the molecule is CC1Cc2ccccc2N1S(=O)(=O)c1ccc(Cl)c(C(=O)O)c1. The molecule has 1 heterocycles. The first-order chi connectivity index (χ1) is 10.8. The first-order valence-corrected chi connectivity index (χ1v) is 8.79. The highest BCUT2D eigenvalue weighted by Crippen LogP contribution is 2.37. The third kappa shape index (κ3) is 2.58. The second-order valence-electron chi connectivity index (χ2n) is 5.43. The lowest BCUT2D eigenvalue weighted by molar-refractivity contribution is 0.0697. The average Bonchev–Trinajstić information content (AvgIpc) is 2.83. The molecular formula is C16H14ClNO4S. The van der Waals surface area contributed by atoms with Crippen molar-refractivity contribution in [2.24, 2.45) is 0 Å². The monoisotopic (exact) mass is 351 g/mol. The Morgan fingerprint density at radius 2 is 1.96 bits per heavy atom. The van der Waals surface area contributed by atoms with Crippen LogP contribution in [0.15, 0.2) is 47.4 Å². The van der Waals surface area contributed by atoms with Gasteiger partial charge in [-0.3, -0.25) is 4.31 Å². The fourth-order valence-electron chi connectivity index (χ4n) is 2.85. The number of hydrogen-bond acceptors (Lipinski definition) is 3. The van der Waals surface area contributed by atoms with Gasteiger partial charge >= 0.3 is 5.97 Å². The Morgan fingerprint density at radius 1 is 1.26 bits per heavy atom. The number of carboxylic acid groups (broad SMARTS) is 1. The highest BCUT2D eigenvalue weighted by Gasteiger charge is 2.36. The minimum atomic E-state index is -3.86. The molecule has 7 heteroatoms. The smallest absolute Gasteiger partial charge is 0.337 e. The fourth-order valence-corrected chi connectivity index (χ4v) is 4.76. The van der Waals surface area contributed by atoms with Crippen LogP contribution in [0.1, 0.15) is 22.8 Å². The zero-order chi connectivity index (χ0) is 16.8. The second-order valence-corrected chi connectivity index (χ2v) is 7.65. The maximum Gasteiger partial charge on any atom is 0.337 e. The maximum atomic E-state index is 13.0. The molecule has 3 rings (SSSR count). The largest absolute Gasteiger partial charge is 0.478 e. The van der Waals surface area contributed by atoms with Gasteiger partial charge < -0.3 is 5.11 Å². The van der Waals surface area contributed by atoms with Crippen molar-refractivity contribution in [3.8, 4) is 0 Å². The van der Waals surface area contributed by atoms with Crippen molar-refractivity contribution in [3.05, 3.63) is 58.6 Å². The Labute approximate surface area is 139 Å². The number of carbonyl (C=O) groups is 1. The minimum Gasteiger partial charge on any atom is -0.478 e. The number of nitrogens with zero attached hydrogens (tertiary/aromatic N) is 1. The molecule has 0 saturated carbocycles. The number of para-hydroxylation sites is 1. The zero-order valence-corrected chi connectivity index (χ0v) is 13.8. The summed E-state index contributed by atoms with van der Waals surface area (Å²) in [5.41, 5.74) is 1.36. The normalized spacial score (nSPS) is 17.1. The molecule has 0 amide bonds. The molecule has 1 unspecified atom stereocenters. The summed E-state index contributed by atoms with van der Waals surface area (Å²) in [5, 5.41) is 9.14. The van der Waals surface area contributed by atoms with Crippen LogP contribution in [0.25, 0.3) is 0 Å². The lowest BCUT2D eigenvalue weighted by atomic mass is 10.1. The topological polar surface area (TPSA) is 74.7 Å². The molecule has 2 aromatic rings. The summed E-state index contributed by atoms with van der Waals surface area (Å²) in [5.74, 6) is -1.26. The number of aromatic carboxylic acids is 1. The predicted molar refractivity (Wildman–Crippen MR) is 87.7 cm³/mol. The summed E-state index contributed by atoms with van der Waals surface area (Å²) < 4.78 is 27.3. The van der Waals surface area contributed by atoms with E-state index in [1.807, 2.05) is 19.1 Å². The van der Waals surface area contributed by atoms with Gasteiger partial charge in [0.25, 0.3) is 10.0 Å². The maximum absolute atomic E-state index is 13.0. The van der Waals surface area contributed by atoms with E-state index in [1.54, 1.807) is 12.1 Å². The summed E-state index contributed by atoms with van der Waals surface area (Å²) in [7, 11) is -3.86. The molecule has 0 radical (unpaired) electrons. The number of carboxylic acids is 1. The molecule has 23 heavy (non-hydrogen) atoms. The van der Waals surface area contributed by atoms with Crippen LogP contribution in [0.3, 0.4) is 0 Å². The first-order valence-electron chi connectivity index (χ1n) is 6.97. The van der Waals surface area contributed by atoms with Crippen LogP contribution < -0.4 is 4.31 Å². The minimum absolute atomic E-state index is 0.00585. The van der Waals surface area contributed by atoms with E-state index < -0.39 is 16.0 Å². The highest BCUT2D eigenvalue weighted by atomic mass is 35.5. The molecule has 1 N–H and O–H groups in total. The summed E-state index contributed by atoms with van der Waals surface area (Å²) in [6, 6.07) is 10.8. The Balaban J connectivity index is 2.13. The molecule has 5 nitrogen and oxygen atoms in total. The lowest BCUT2D eigenvalue weighted by Gasteiger charge is -2.24. The number of sulfonamides is 1. The predicted octanol–water partition coefficient (Wildman–Crippen LogP) is 3.18. The van der Waals surface area contributed by atoms with Crippen molar-refractivity contribution in [1.29, 1.82) is 0 Å². The second kappa shape index (κ2) is 5.54. The Hall–Kier alpha value is -2.05. The van der Waals surface area contributed by atoms with Gasteiger partial charge in [-0.25, -0.2) is 13.2 Å². The van der Waals surface area contributed by atoms with Gasteiger partial charge in [0.2, 0.25) is 0 Å². The van der Waals surface area contributed by atoms with Crippen LogP contribution in [0, 0.1) is 0 Å². The van der Waals surface area contributed by atoms with E-state index in [1.165, 1.54) is 16.4 Å². The molecule has 120 valence electrons. The van der Waals surface area contributed by atoms with Gasteiger partial charge in [0.05, 0.1) is 21.2 Å². The van der Waals surface area contributed by atoms with E-state index in [4.69, 9.17) is 16.7 Å². The number of rotatable bonds is 3. The van der Waals surface area contributed by atoms with Crippen molar-refractivity contribution in [2.45, 2.75) is 24.3 Å². The highest BCUT2D eigenvalue weighted by molar-refractivity contribution is 7.92. The molecule has 1 aliphatic heterocycles. The summed E-state index contributed by atoms with van der Waals surface area (Å²) in [4.78, 5) is 11.1. The lowest BCUT2D eigenvalue weighted by Crippen LogP contribution is -2.35. The van der Waals surface area contributed by atoms with E-state index in [0.717, 1.165) is 11.6 Å². The van der Waals surface area contributed by atoms with Crippen molar-refractivity contribution in [1.82, 2.24) is 0 Å². The van der Waals surface area contributed by atoms with Crippen molar-refractivity contribution in [2.75, 3.05) is 4.31 Å². The Morgan fingerprint density at radius 3 is 2.65 bits per heavy atom. The summed E-state index contributed by atoms with van der Waals surface area (Å²) in [6.07, 6.45) is 0.620. The third-order valence-corrected chi connectivity index (χ3v) is 6.12. The van der Waals surface area contributed by atoms with E-state index in [-0.39, 0.29) is 21.5 Å². The summed E-state index contributed by atoms with van der Waals surface area (Å²) in [6.45, 7) is 1.82. The quantitative estimate of drug-likeness (QED) is 0.921. The molecule has 0 bridgehead atoms. The van der Waals surface area contributed by atoms with Gasteiger partial charge in [-0.1, -0.05) is 29.8 Å². The molecule has 0 aliphatic carbocycles. The molecule has 0 saturated heterocycles. The Kier molecular flexibility index (Phi) is 3.82. The van der Waals surface area contributed by atoms with E-state index in [9.17, 15) is 13.2 Å².